The van der Waals surface area contributed by atoms with Gasteiger partial charge in [0.2, 0.25) is 0 Å². The second-order valence-corrected chi connectivity index (χ2v) is 5.82. The lowest BCUT2D eigenvalue weighted by molar-refractivity contribution is 0.0697. The SMILES string of the molecule is Cc1[nH]c2ccc(F)cc2c1Cc1nc2cc(C(=O)O)ccc2[nH]1. The van der Waals surface area contributed by atoms with Crippen LogP contribution in [0.25, 0.3) is 21.9 Å². The van der Waals surface area contributed by atoms with E-state index in [1.807, 2.05) is 6.92 Å². The van der Waals surface area contributed by atoms with Crippen molar-refractivity contribution in [3.63, 3.8) is 0 Å². The predicted octanol–water partition coefficient (Wildman–Crippen LogP) is 3.78. The van der Waals surface area contributed by atoms with E-state index in [2.05, 4.69) is 15.0 Å². The van der Waals surface area contributed by atoms with E-state index in [4.69, 9.17) is 5.11 Å². The molecule has 2 aromatic heterocycles. The number of aryl methyl sites for hydroxylation is 1. The van der Waals surface area contributed by atoms with E-state index in [1.54, 1.807) is 24.3 Å². The summed E-state index contributed by atoms with van der Waals surface area (Å²) in [7, 11) is 0. The van der Waals surface area contributed by atoms with E-state index >= 15 is 0 Å². The number of hydrogen-bond donors (Lipinski definition) is 3. The van der Waals surface area contributed by atoms with Crippen LogP contribution in [0.15, 0.2) is 36.4 Å². The molecule has 0 saturated heterocycles. The van der Waals surface area contributed by atoms with Gasteiger partial charge in [-0.15, -0.1) is 0 Å². The smallest absolute Gasteiger partial charge is 0.335 e. The van der Waals surface area contributed by atoms with Crippen LogP contribution < -0.4 is 0 Å². The van der Waals surface area contributed by atoms with Crippen LogP contribution in [0.2, 0.25) is 0 Å². The summed E-state index contributed by atoms with van der Waals surface area (Å²) in [5, 5.41) is 9.89. The fourth-order valence-electron chi connectivity index (χ4n) is 3.03. The fourth-order valence-corrected chi connectivity index (χ4v) is 3.03. The molecular formula is C18H14FN3O2. The molecule has 0 saturated carbocycles. The number of carboxylic acid groups (broad SMARTS) is 1. The molecule has 0 aliphatic rings. The maximum absolute atomic E-state index is 13.6. The van der Waals surface area contributed by atoms with E-state index in [9.17, 15) is 9.18 Å². The third-order valence-electron chi connectivity index (χ3n) is 4.20. The number of aromatic carboxylic acids is 1. The van der Waals surface area contributed by atoms with E-state index in [0.29, 0.717) is 17.8 Å². The lowest BCUT2D eigenvalue weighted by Gasteiger charge is -1.99. The van der Waals surface area contributed by atoms with E-state index < -0.39 is 5.97 Å². The molecule has 0 atom stereocenters. The summed E-state index contributed by atoms with van der Waals surface area (Å²) in [6.45, 7) is 1.94. The van der Waals surface area contributed by atoms with Crippen molar-refractivity contribution in [1.82, 2.24) is 15.0 Å². The Kier molecular flexibility index (Phi) is 3.13. The minimum atomic E-state index is -0.982. The molecule has 2 heterocycles. The molecule has 0 fully saturated rings. The second-order valence-electron chi connectivity index (χ2n) is 5.82. The standard InChI is InChI=1S/C18H14FN3O2/c1-9-12(13-7-11(19)3-5-14(13)20-9)8-17-21-15-4-2-10(18(23)24)6-16(15)22-17/h2-7,20H,8H2,1H3,(H,21,22)(H,23,24). The Morgan fingerprint density at radius 2 is 1.96 bits per heavy atom. The lowest BCUT2D eigenvalue weighted by atomic mass is 10.1. The average molecular weight is 323 g/mol. The number of hydrogen-bond acceptors (Lipinski definition) is 2. The highest BCUT2D eigenvalue weighted by molar-refractivity contribution is 5.92. The first-order chi connectivity index (χ1) is 11.5. The van der Waals surface area contributed by atoms with Gasteiger partial charge < -0.3 is 15.1 Å². The Balaban J connectivity index is 1.78. The summed E-state index contributed by atoms with van der Waals surface area (Å²) in [5.74, 6) is -0.552. The molecule has 0 amide bonds. The highest BCUT2D eigenvalue weighted by Crippen LogP contribution is 2.25. The first-order valence-electron chi connectivity index (χ1n) is 7.50. The fraction of sp³-hybridized carbons (Fsp3) is 0.111. The molecule has 0 bridgehead atoms. The highest BCUT2D eigenvalue weighted by atomic mass is 19.1. The van der Waals surface area contributed by atoms with Gasteiger partial charge in [-0.25, -0.2) is 14.2 Å². The Bertz CT molecular complexity index is 1090. The van der Waals surface area contributed by atoms with Gasteiger partial charge in [0.1, 0.15) is 11.6 Å². The first kappa shape index (κ1) is 14.4. The van der Waals surface area contributed by atoms with Gasteiger partial charge in [-0.3, -0.25) is 0 Å². The van der Waals surface area contributed by atoms with Crippen molar-refractivity contribution >= 4 is 27.9 Å². The van der Waals surface area contributed by atoms with Gasteiger partial charge in [-0.1, -0.05) is 0 Å². The summed E-state index contributed by atoms with van der Waals surface area (Å²) < 4.78 is 13.6. The van der Waals surface area contributed by atoms with Gasteiger partial charge in [0, 0.05) is 23.0 Å². The summed E-state index contributed by atoms with van der Waals surface area (Å²) in [4.78, 5) is 22.0. The van der Waals surface area contributed by atoms with Crippen LogP contribution in [0.4, 0.5) is 4.39 Å². The minimum Gasteiger partial charge on any atom is -0.478 e. The molecule has 5 nitrogen and oxygen atoms in total. The number of benzene rings is 2. The van der Waals surface area contributed by atoms with Crippen molar-refractivity contribution in [2.75, 3.05) is 0 Å². The quantitative estimate of drug-likeness (QED) is 0.536. The van der Waals surface area contributed by atoms with Crippen LogP contribution >= 0.6 is 0 Å². The number of aromatic amines is 2. The van der Waals surface area contributed by atoms with Crippen molar-refractivity contribution in [2.24, 2.45) is 0 Å². The maximum Gasteiger partial charge on any atom is 0.335 e. The van der Waals surface area contributed by atoms with Crippen molar-refractivity contribution in [1.29, 1.82) is 0 Å². The Morgan fingerprint density at radius 1 is 1.17 bits per heavy atom. The van der Waals surface area contributed by atoms with Gasteiger partial charge in [0.05, 0.1) is 16.6 Å². The number of carbonyl (C=O) groups is 1. The molecule has 0 unspecified atom stereocenters. The summed E-state index contributed by atoms with van der Waals surface area (Å²) in [5.41, 5.74) is 4.40. The molecule has 6 heteroatoms. The molecule has 0 aliphatic carbocycles. The molecule has 0 aliphatic heterocycles. The zero-order valence-electron chi connectivity index (χ0n) is 12.9. The second kappa shape index (κ2) is 5.19. The Labute approximate surface area is 136 Å². The highest BCUT2D eigenvalue weighted by Gasteiger charge is 2.13. The number of nitrogens with zero attached hydrogens (tertiary/aromatic N) is 1. The predicted molar refractivity (Wildman–Crippen MR) is 88.9 cm³/mol. The topological polar surface area (TPSA) is 81.8 Å². The number of H-pyrrole nitrogens is 2. The Hall–Kier alpha value is -3.15. The largest absolute Gasteiger partial charge is 0.478 e. The monoisotopic (exact) mass is 323 g/mol. The lowest BCUT2D eigenvalue weighted by Crippen LogP contribution is -1.94. The number of carboxylic acids is 1. The molecule has 120 valence electrons. The van der Waals surface area contributed by atoms with Crippen molar-refractivity contribution in [3.05, 3.63) is 64.9 Å². The van der Waals surface area contributed by atoms with E-state index in [0.717, 1.165) is 27.7 Å². The van der Waals surface area contributed by atoms with Gasteiger partial charge >= 0.3 is 5.97 Å². The molecule has 2 aromatic carbocycles. The molecule has 4 aromatic rings. The minimum absolute atomic E-state index is 0.200. The average Bonchev–Trinajstić information content (AvgIpc) is 3.08. The number of halogens is 1. The van der Waals surface area contributed by atoms with Crippen molar-refractivity contribution in [2.45, 2.75) is 13.3 Å². The van der Waals surface area contributed by atoms with Crippen LogP contribution in [0.5, 0.6) is 0 Å². The van der Waals surface area contributed by atoms with E-state index in [-0.39, 0.29) is 11.4 Å². The molecule has 4 rings (SSSR count). The van der Waals surface area contributed by atoms with Gasteiger partial charge in [0.15, 0.2) is 0 Å². The van der Waals surface area contributed by atoms with Crippen LogP contribution in [-0.4, -0.2) is 26.0 Å². The molecule has 3 N–H and O–H groups in total. The summed E-state index contributed by atoms with van der Waals surface area (Å²) in [6, 6.07) is 9.45. The summed E-state index contributed by atoms with van der Waals surface area (Å²) in [6.07, 6.45) is 0.506. The number of aromatic nitrogens is 3. The molecular weight excluding hydrogens is 309 g/mol. The van der Waals surface area contributed by atoms with E-state index in [1.165, 1.54) is 12.1 Å². The van der Waals surface area contributed by atoms with Crippen molar-refractivity contribution < 1.29 is 14.3 Å². The number of nitrogens with one attached hydrogen (secondary N) is 2. The van der Waals surface area contributed by atoms with Crippen LogP contribution in [-0.2, 0) is 6.42 Å². The van der Waals surface area contributed by atoms with Crippen LogP contribution in [0.1, 0.15) is 27.4 Å². The van der Waals surface area contributed by atoms with Gasteiger partial charge in [-0.05, 0) is 48.9 Å². The molecule has 0 spiro atoms. The maximum atomic E-state index is 13.6. The molecule has 0 radical (unpaired) electrons. The van der Waals surface area contributed by atoms with Crippen molar-refractivity contribution in [3.8, 4) is 0 Å². The molecule has 24 heavy (non-hydrogen) atoms. The van der Waals surface area contributed by atoms with Gasteiger partial charge in [-0.2, -0.15) is 0 Å². The normalized spacial score (nSPS) is 11.4. The van der Waals surface area contributed by atoms with Crippen LogP contribution in [0.3, 0.4) is 0 Å². The van der Waals surface area contributed by atoms with Gasteiger partial charge in [0.25, 0.3) is 0 Å². The third-order valence-corrected chi connectivity index (χ3v) is 4.20. The zero-order chi connectivity index (χ0) is 16.8. The first-order valence-corrected chi connectivity index (χ1v) is 7.50. The Morgan fingerprint density at radius 3 is 2.75 bits per heavy atom. The number of imidazole rings is 1. The third kappa shape index (κ3) is 2.32. The van der Waals surface area contributed by atoms with Crippen LogP contribution in [0, 0.1) is 12.7 Å². The zero-order valence-corrected chi connectivity index (χ0v) is 12.9. The number of rotatable bonds is 3. The summed E-state index contributed by atoms with van der Waals surface area (Å²) >= 11 is 0. The number of fused-ring (bicyclic) bond motifs is 2.